The van der Waals surface area contributed by atoms with Gasteiger partial charge in [0, 0.05) is 31.7 Å². The number of methoxy groups -OCH3 is 1. The van der Waals surface area contributed by atoms with Gasteiger partial charge in [-0.15, -0.1) is 0 Å². The van der Waals surface area contributed by atoms with Crippen molar-refractivity contribution in [2.75, 3.05) is 26.8 Å². The smallest absolute Gasteiger partial charge is 0.253 e. The molecule has 1 heterocycles. The molecule has 2 rings (SSSR count). The lowest BCUT2D eigenvalue weighted by Gasteiger charge is -2.16. The number of hydrogen-bond donors (Lipinski definition) is 1. The van der Waals surface area contributed by atoms with Crippen LogP contribution < -0.4 is 0 Å². The molecule has 1 unspecified atom stereocenters. The van der Waals surface area contributed by atoms with Crippen molar-refractivity contribution in [1.82, 2.24) is 4.90 Å². The highest BCUT2D eigenvalue weighted by Gasteiger charge is 2.27. The van der Waals surface area contributed by atoms with Crippen LogP contribution in [-0.2, 0) is 4.74 Å². The second-order valence-electron chi connectivity index (χ2n) is 4.53. The van der Waals surface area contributed by atoms with Crippen LogP contribution in [0.15, 0.2) is 18.2 Å². The number of carbonyl (C=O) groups is 1. The Labute approximate surface area is 120 Å². The lowest BCUT2D eigenvalue weighted by molar-refractivity contribution is 0.0775. The first kappa shape index (κ1) is 13.6. The summed E-state index contributed by atoms with van der Waals surface area (Å²) in [7, 11) is 1.68. The van der Waals surface area contributed by atoms with Gasteiger partial charge in [-0.1, -0.05) is 0 Å². The van der Waals surface area contributed by atoms with E-state index in [2.05, 4.69) is 0 Å². The third-order valence-electron chi connectivity index (χ3n) is 3.17. The predicted octanol–water partition coefficient (Wildman–Crippen LogP) is 2.11. The second kappa shape index (κ2) is 5.88. The predicted molar refractivity (Wildman–Crippen MR) is 76.7 cm³/mol. The van der Waals surface area contributed by atoms with E-state index in [4.69, 9.17) is 4.74 Å². The Morgan fingerprint density at radius 2 is 2.39 bits per heavy atom. The molecule has 1 amide bonds. The minimum Gasteiger partial charge on any atom is -0.507 e. The molecule has 0 radical (unpaired) electrons. The summed E-state index contributed by atoms with van der Waals surface area (Å²) in [5.41, 5.74) is 0.547. The summed E-state index contributed by atoms with van der Waals surface area (Å²) in [5.74, 6) is 0.575. The zero-order chi connectivity index (χ0) is 13.1. The van der Waals surface area contributed by atoms with Gasteiger partial charge < -0.3 is 14.7 Å². The Balaban J connectivity index is 2.05. The minimum absolute atomic E-state index is 0.0136. The van der Waals surface area contributed by atoms with Crippen LogP contribution >= 0.6 is 22.6 Å². The summed E-state index contributed by atoms with van der Waals surface area (Å²) in [6.45, 7) is 2.20. The van der Waals surface area contributed by atoms with Gasteiger partial charge in [0.2, 0.25) is 0 Å². The second-order valence-corrected chi connectivity index (χ2v) is 5.69. The number of nitrogens with zero attached hydrogens (tertiary/aromatic N) is 1. The number of carbonyl (C=O) groups excluding carboxylic acids is 1. The molecule has 1 atom stereocenters. The van der Waals surface area contributed by atoms with Crippen LogP contribution in [0.5, 0.6) is 5.75 Å². The van der Waals surface area contributed by atoms with Crippen LogP contribution in [-0.4, -0.2) is 42.7 Å². The van der Waals surface area contributed by atoms with Gasteiger partial charge in [0.05, 0.1) is 10.2 Å². The zero-order valence-corrected chi connectivity index (χ0v) is 12.4. The van der Waals surface area contributed by atoms with Crippen molar-refractivity contribution in [3.05, 3.63) is 27.3 Å². The Bertz CT molecular complexity index is 450. The van der Waals surface area contributed by atoms with Gasteiger partial charge in [-0.05, 0) is 47.2 Å². The SMILES string of the molecule is COCC1CCN(C(=O)c2ccc(I)c(O)c2)C1. The number of aromatic hydroxyl groups is 1. The van der Waals surface area contributed by atoms with Crippen molar-refractivity contribution in [2.24, 2.45) is 5.92 Å². The van der Waals surface area contributed by atoms with Gasteiger partial charge in [0.1, 0.15) is 5.75 Å². The maximum atomic E-state index is 12.2. The highest BCUT2D eigenvalue weighted by Crippen LogP contribution is 2.23. The molecule has 0 aromatic heterocycles. The van der Waals surface area contributed by atoms with E-state index < -0.39 is 0 Å². The van der Waals surface area contributed by atoms with Crippen molar-refractivity contribution in [2.45, 2.75) is 6.42 Å². The number of ether oxygens (including phenoxy) is 1. The van der Waals surface area contributed by atoms with Gasteiger partial charge in [-0.3, -0.25) is 4.79 Å². The molecular formula is C13H16INO3. The van der Waals surface area contributed by atoms with E-state index >= 15 is 0 Å². The molecule has 1 aromatic carbocycles. The molecule has 1 N–H and O–H groups in total. The number of hydrogen-bond acceptors (Lipinski definition) is 3. The van der Waals surface area contributed by atoms with Crippen LogP contribution in [0.2, 0.25) is 0 Å². The highest BCUT2D eigenvalue weighted by atomic mass is 127. The first-order valence-electron chi connectivity index (χ1n) is 5.88. The van der Waals surface area contributed by atoms with Crippen molar-refractivity contribution >= 4 is 28.5 Å². The monoisotopic (exact) mass is 361 g/mol. The first-order valence-corrected chi connectivity index (χ1v) is 6.96. The number of amides is 1. The van der Waals surface area contributed by atoms with Crippen molar-refractivity contribution in [1.29, 1.82) is 0 Å². The fraction of sp³-hybridized carbons (Fsp3) is 0.462. The van der Waals surface area contributed by atoms with E-state index in [-0.39, 0.29) is 11.7 Å². The molecule has 18 heavy (non-hydrogen) atoms. The largest absolute Gasteiger partial charge is 0.507 e. The molecule has 1 aliphatic heterocycles. The van der Waals surface area contributed by atoms with Gasteiger partial charge in [0.15, 0.2) is 0 Å². The van der Waals surface area contributed by atoms with Gasteiger partial charge in [-0.25, -0.2) is 0 Å². The molecule has 1 fully saturated rings. The fourth-order valence-electron chi connectivity index (χ4n) is 2.22. The van der Waals surface area contributed by atoms with E-state index in [0.29, 0.717) is 18.1 Å². The number of likely N-dealkylation sites (tertiary alicyclic amines) is 1. The third-order valence-corrected chi connectivity index (χ3v) is 4.08. The number of phenols is 1. The molecule has 4 nitrogen and oxygen atoms in total. The zero-order valence-electron chi connectivity index (χ0n) is 10.2. The molecule has 0 spiro atoms. The molecular weight excluding hydrogens is 345 g/mol. The molecule has 0 aliphatic carbocycles. The van der Waals surface area contributed by atoms with Gasteiger partial charge in [-0.2, -0.15) is 0 Å². The molecule has 0 bridgehead atoms. The number of benzene rings is 1. The lowest BCUT2D eigenvalue weighted by atomic mass is 10.1. The average Bonchev–Trinajstić information content (AvgIpc) is 2.81. The van der Waals surface area contributed by atoms with E-state index in [1.165, 1.54) is 6.07 Å². The molecule has 5 heteroatoms. The normalized spacial score (nSPS) is 19.2. The standard InChI is InChI=1S/C13H16INO3/c1-18-8-9-4-5-15(7-9)13(17)10-2-3-11(14)12(16)6-10/h2-3,6,9,16H,4-5,7-8H2,1H3. The van der Waals surface area contributed by atoms with Crippen LogP contribution in [0.1, 0.15) is 16.8 Å². The van der Waals surface area contributed by atoms with Crippen molar-refractivity contribution in [3.8, 4) is 5.75 Å². The van der Waals surface area contributed by atoms with E-state index in [0.717, 1.165) is 23.1 Å². The van der Waals surface area contributed by atoms with Crippen LogP contribution in [0.4, 0.5) is 0 Å². The van der Waals surface area contributed by atoms with Crippen LogP contribution in [0.3, 0.4) is 0 Å². The van der Waals surface area contributed by atoms with Crippen LogP contribution in [0, 0.1) is 9.49 Å². The molecule has 98 valence electrons. The Kier molecular flexibility index (Phi) is 4.45. The topological polar surface area (TPSA) is 49.8 Å². The Morgan fingerprint density at radius 3 is 3.06 bits per heavy atom. The summed E-state index contributed by atoms with van der Waals surface area (Å²) in [4.78, 5) is 14.1. The maximum absolute atomic E-state index is 12.2. The van der Waals surface area contributed by atoms with Gasteiger partial charge in [0.25, 0.3) is 5.91 Å². The summed E-state index contributed by atoms with van der Waals surface area (Å²) in [5, 5.41) is 9.63. The van der Waals surface area contributed by atoms with Crippen molar-refractivity contribution in [3.63, 3.8) is 0 Å². The summed E-state index contributed by atoms with van der Waals surface area (Å²) >= 11 is 2.04. The number of halogens is 1. The number of phenolic OH excluding ortho intramolecular Hbond substituents is 1. The first-order chi connectivity index (χ1) is 8.61. The van der Waals surface area contributed by atoms with Crippen molar-refractivity contribution < 1.29 is 14.6 Å². The maximum Gasteiger partial charge on any atom is 0.253 e. The minimum atomic E-state index is -0.0136. The Hall–Kier alpha value is -0.820. The van der Waals surface area contributed by atoms with Gasteiger partial charge >= 0.3 is 0 Å². The molecule has 0 saturated carbocycles. The number of rotatable bonds is 3. The summed E-state index contributed by atoms with van der Waals surface area (Å²) < 4.78 is 5.87. The summed E-state index contributed by atoms with van der Waals surface area (Å²) in [6, 6.07) is 5.05. The van der Waals surface area contributed by atoms with E-state index in [9.17, 15) is 9.90 Å². The fourth-order valence-corrected chi connectivity index (χ4v) is 2.55. The van der Waals surface area contributed by atoms with E-state index in [1.807, 2.05) is 27.5 Å². The molecule has 1 saturated heterocycles. The quantitative estimate of drug-likeness (QED) is 0.839. The average molecular weight is 361 g/mol. The molecule has 1 aromatic rings. The highest BCUT2D eigenvalue weighted by molar-refractivity contribution is 14.1. The van der Waals surface area contributed by atoms with Crippen LogP contribution in [0.25, 0.3) is 0 Å². The molecule has 1 aliphatic rings. The lowest BCUT2D eigenvalue weighted by Crippen LogP contribution is -2.29. The summed E-state index contributed by atoms with van der Waals surface area (Å²) in [6.07, 6.45) is 0.982. The van der Waals surface area contributed by atoms with E-state index in [1.54, 1.807) is 19.2 Å². The third kappa shape index (κ3) is 2.95. The Morgan fingerprint density at radius 1 is 1.61 bits per heavy atom.